The van der Waals surface area contributed by atoms with Crippen molar-refractivity contribution in [1.82, 2.24) is 0 Å². The molecule has 0 radical (unpaired) electrons. The summed E-state index contributed by atoms with van der Waals surface area (Å²) in [4.78, 5) is 11.3. The molecule has 2 rings (SSSR count). The third-order valence-electron chi connectivity index (χ3n) is 4.46. The van der Waals surface area contributed by atoms with E-state index in [2.05, 4.69) is 6.92 Å². The predicted octanol–water partition coefficient (Wildman–Crippen LogP) is 3.38. The average molecular weight is 284 g/mol. The van der Waals surface area contributed by atoms with Crippen LogP contribution >= 0.6 is 0 Å². The molecule has 0 aromatic rings. The lowest BCUT2D eigenvalue weighted by Crippen LogP contribution is -2.23. The molecule has 1 N–H and O–H groups in total. The zero-order valence-corrected chi connectivity index (χ0v) is 12.8. The van der Waals surface area contributed by atoms with E-state index in [1.165, 1.54) is 32.1 Å². The Morgan fingerprint density at radius 3 is 2.60 bits per heavy atom. The van der Waals surface area contributed by atoms with Crippen molar-refractivity contribution < 1.29 is 19.4 Å². The summed E-state index contributed by atoms with van der Waals surface area (Å²) < 4.78 is 10.9. The molecule has 0 aromatic heterocycles. The summed E-state index contributed by atoms with van der Waals surface area (Å²) in [5.41, 5.74) is -0.187. The van der Waals surface area contributed by atoms with Crippen molar-refractivity contribution in [3.05, 3.63) is 0 Å². The van der Waals surface area contributed by atoms with Gasteiger partial charge in [-0.1, -0.05) is 39.0 Å². The monoisotopic (exact) mass is 284 g/mol. The van der Waals surface area contributed by atoms with E-state index < -0.39 is 5.97 Å². The molecule has 4 nitrogen and oxygen atoms in total. The lowest BCUT2D eigenvalue weighted by Gasteiger charge is -2.13. The first-order chi connectivity index (χ1) is 9.54. The Bertz CT molecular complexity index is 324. The van der Waals surface area contributed by atoms with Crippen molar-refractivity contribution in [3.8, 4) is 0 Å². The van der Waals surface area contributed by atoms with Gasteiger partial charge in [0.15, 0.2) is 0 Å². The lowest BCUT2D eigenvalue weighted by molar-refractivity contribution is -0.142. The number of rotatable bonds is 11. The summed E-state index contributed by atoms with van der Waals surface area (Å²) >= 11 is 0. The summed E-state index contributed by atoms with van der Waals surface area (Å²) in [7, 11) is 0. The maximum Gasteiger partial charge on any atom is 0.306 e. The first-order valence-electron chi connectivity index (χ1n) is 8.06. The molecule has 0 aliphatic carbocycles. The van der Waals surface area contributed by atoms with Gasteiger partial charge in [0.05, 0.1) is 30.3 Å². The number of unbranched alkanes of at least 4 members (excludes halogenated alkanes) is 4. The molecular weight excluding hydrogens is 256 g/mol. The lowest BCUT2D eigenvalue weighted by atomic mass is 9.91. The van der Waals surface area contributed by atoms with Gasteiger partial charge in [0.1, 0.15) is 0 Å². The molecular formula is C16H28O4. The molecule has 0 amide bonds. The molecule has 2 saturated heterocycles. The number of epoxide rings is 2. The van der Waals surface area contributed by atoms with Gasteiger partial charge in [0.25, 0.3) is 0 Å². The van der Waals surface area contributed by atoms with E-state index >= 15 is 0 Å². The van der Waals surface area contributed by atoms with Crippen LogP contribution in [-0.4, -0.2) is 35.5 Å². The Morgan fingerprint density at radius 1 is 1.30 bits per heavy atom. The highest BCUT2D eigenvalue weighted by Gasteiger charge is 2.46. The van der Waals surface area contributed by atoms with Gasteiger partial charge in [-0.3, -0.25) is 4.79 Å². The number of carboxylic acids is 1. The van der Waals surface area contributed by atoms with Gasteiger partial charge in [-0.05, 0) is 26.2 Å². The summed E-state index contributed by atoms with van der Waals surface area (Å²) in [6, 6.07) is 0. The third kappa shape index (κ3) is 5.06. The number of aliphatic carboxylic acids is 1. The van der Waals surface area contributed by atoms with Crippen molar-refractivity contribution in [2.75, 3.05) is 6.61 Å². The smallest absolute Gasteiger partial charge is 0.306 e. The Balaban J connectivity index is 1.60. The van der Waals surface area contributed by atoms with Gasteiger partial charge >= 0.3 is 5.97 Å². The van der Waals surface area contributed by atoms with Crippen molar-refractivity contribution in [1.29, 1.82) is 0 Å². The van der Waals surface area contributed by atoms with Crippen LogP contribution in [0, 0.1) is 5.92 Å². The van der Waals surface area contributed by atoms with Crippen molar-refractivity contribution in [2.24, 2.45) is 5.92 Å². The zero-order chi connectivity index (χ0) is 14.6. The molecule has 0 saturated carbocycles. The SMILES string of the molecule is CCCCCCCC1OC1CC(CC1(C)CO1)C(=O)O. The highest BCUT2D eigenvalue weighted by molar-refractivity contribution is 5.70. The molecule has 0 bridgehead atoms. The molecule has 2 aliphatic rings. The Labute approximate surface area is 121 Å². The fraction of sp³-hybridized carbons (Fsp3) is 0.938. The van der Waals surface area contributed by atoms with E-state index in [-0.39, 0.29) is 17.6 Å². The summed E-state index contributed by atoms with van der Waals surface area (Å²) in [6.45, 7) is 4.90. The van der Waals surface area contributed by atoms with Crippen LogP contribution in [0.3, 0.4) is 0 Å². The first kappa shape index (κ1) is 15.8. The van der Waals surface area contributed by atoms with Crippen LogP contribution < -0.4 is 0 Å². The molecule has 2 fully saturated rings. The van der Waals surface area contributed by atoms with Crippen molar-refractivity contribution >= 4 is 5.97 Å². The van der Waals surface area contributed by atoms with Gasteiger partial charge in [0, 0.05) is 0 Å². The summed E-state index contributed by atoms with van der Waals surface area (Å²) in [5, 5.41) is 9.29. The number of ether oxygens (including phenoxy) is 2. The minimum atomic E-state index is -0.709. The van der Waals surface area contributed by atoms with Crippen molar-refractivity contribution in [3.63, 3.8) is 0 Å². The highest BCUT2D eigenvalue weighted by atomic mass is 16.6. The molecule has 0 spiro atoms. The fourth-order valence-electron chi connectivity index (χ4n) is 2.90. The van der Waals surface area contributed by atoms with Crippen LogP contribution in [0.2, 0.25) is 0 Å². The Hall–Kier alpha value is -0.610. The van der Waals surface area contributed by atoms with E-state index in [9.17, 15) is 9.90 Å². The Kier molecular flexibility index (Phi) is 5.44. The normalized spacial score (nSPS) is 32.9. The van der Waals surface area contributed by atoms with Gasteiger partial charge < -0.3 is 14.6 Å². The molecule has 2 aliphatic heterocycles. The third-order valence-corrected chi connectivity index (χ3v) is 4.46. The number of hydrogen-bond acceptors (Lipinski definition) is 3. The fourth-order valence-corrected chi connectivity index (χ4v) is 2.90. The number of carboxylic acid groups (broad SMARTS) is 1. The molecule has 4 unspecified atom stereocenters. The molecule has 2 heterocycles. The zero-order valence-electron chi connectivity index (χ0n) is 12.8. The van der Waals surface area contributed by atoms with Crippen LogP contribution in [0.25, 0.3) is 0 Å². The minimum Gasteiger partial charge on any atom is -0.481 e. The standard InChI is InChI=1S/C16H28O4/c1-3-4-5-6-7-8-13-14(20-13)9-12(15(17)18)10-16(2)11-19-16/h12-14H,3-11H2,1-2H3,(H,17,18). The van der Waals surface area contributed by atoms with Gasteiger partial charge in [-0.2, -0.15) is 0 Å². The summed E-state index contributed by atoms with van der Waals surface area (Å²) in [6.07, 6.45) is 9.21. The van der Waals surface area contributed by atoms with Gasteiger partial charge in [-0.15, -0.1) is 0 Å². The van der Waals surface area contributed by atoms with Crippen LogP contribution in [-0.2, 0) is 14.3 Å². The molecule has 20 heavy (non-hydrogen) atoms. The van der Waals surface area contributed by atoms with Crippen LogP contribution in [0.15, 0.2) is 0 Å². The largest absolute Gasteiger partial charge is 0.481 e. The maximum atomic E-state index is 11.3. The maximum absolute atomic E-state index is 11.3. The second-order valence-electron chi connectivity index (χ2n) is 6.63. The van der Waals surface area contributed by atoms with Gasteiger partial charge in [0.2, 0.25) is 0 Å². The second kappa shape index (κ2) is 6.90. The van der Waals surface area contributed by atoms with E-state index in [0.29, 0.717) is 25.6 Å². The molecule has 116 valence electrons. The second-order valence-corrected chi connectivity index (χ2v) is 6.63. The highest BCUT2D eigenvalue weighted by Crippen LogP contribution is 2.39. The first-order valence-corrected chi connectivity index (χ1v) is 8.06. The number of carbonyl (C=O) groups is 1. The van der Waals surface area contributed by atoms with Crippen LogP contribution in [0.1, 0.15) is 65.2 Å². The van der Waals surface area contributed by atoms with E-state index in [1.54, 1.807) is 0 Å². The minimum absolute atomic E-state index is 0.171. The van der Waals surface area contributed by atoms with E-state index in [0.717, 1.165) is 6.42 Å². The Morgan fingerprint density at radius 2 is 2.00 bits per heavy atom. The van der Waals surface area contributed by atoms with E-state index in [4.69, 9.17) is 9.47 Å². The average Bonchev–Trinajstić information content (AvgIpc) is 3.29. The van der Waals surface area contributed by atoms with E-state index in [1.807, 2.05) is 6.92 Å². The van der Waals surface area contributed by atoms with Gasteiger partial charge in [-0.25, -0.2) is 0 Å². The topological polar surface area (TPSA) is 62.4 Å². The van der Waals surface area contributed by atoms with Crippen molar-refractivity contribution in [2.45, 2.75) is 83.0 Å². The van der Waals surface area contributed by atoms with Crippen LogP contribution in [0.5, 0.6) is 0 Å². The molecule has 4 atom stereocenters. The van der Waals surface area contributed by atoms with Crippen LogP contribution in [0.4, 0.5) is 0 Å². The molecule has 0 aromatic carbocycles. The summed E-state index contributed by atoms with van der Waals surface area (Å²) in [5.74, 6) is -1.03. The quantitative estimate of drug-likeness (QED) is 0.466. The molecule has 4 heteroatoms. The number of hydrogen-bond donors (Lipinski definition) is 1. The predicted molar refractivity (Wildman–Crippen MR) is 76.8 cm³/mol.